The zero-order valence-electron chi connectivity index (χ0n) is 31.6. The molecule has 6 rings (SSSR count). The van der Waals surface area contributed by atoms with Crippen LogP contribution in [0.1, 0.15) is 48.2 Å². The van der Waals surface area contributed by atoms with E-state index in [9.17, 15) is 32.5 Å². The van der Waals surface area contributed by atoms with Gasteiger partial charge in [0.1, 0.15) is 15.8 Å². The maximum absolute atomic E-state index is 13.0. The fourth-order valence-corrected chi connectivity index (χ4v) is 8.57. The summed E-state index contributed by atoms with van der Waals surface area (Å²) >= 11 is 1.15. The second-order valence-corrected chi connectivity index (χ2v) is 15.3. The number of carbonyl (C=O) groups excluding carboxylic acids is 2. The summed E-state index contributed by atoms with van der Waals surface area (Å²) in [5, 5.41) is 61.4. The number of pyridine rings is 1. The van der Waals surface area contributed by atoms with E-state index in [0.29, 0.717) is 76.5 Å². The Morgan fingerprint density at radius 3 is 1.74 bits per heavy atom. The van der Waals surface area contributed by atoms with E-state index in [4.69, 9.17) is 30.6 Å². The van der Waals surface area contributed by atoms with Crippen LogP contribution in [0.15, 0.2) is 65.6 Å². The Hall–Kier alpha value is -4.64. The van der Waals surface area contributed by atoms with Crippen molar-refractivity contribution in [3.8, 4) is 10.6 Å². The molecule has 0 radical (unpaired) electrons. The predicted octanol–water partition coefficient (Wildman–Crippen LogP) is 1.46. The molecular formula is C39H46N4O13S2. The van der Waals surface area contributed by atoms with Crippen molar-refractivity contribution in [3.05, 3.63) is 88.6 Å². The lowest BCUT2D eigenvalue weighted by molar-refractivity contribution is 0.0696. The smallest absolute Gasteiger partial charge is 0.335 e. The van der Waals surface area contributed by atoms with E-state index in [1.54, 1.807) is 53.1 Å². The fourth-order valence-electron chi connectivity index (χ4n) is 6.26. The minimum absolute atomic E-state index is 0.0694. The molecule has 1 unspecified atom stereocenters. The number of benzene rings is 3. The molecule has 312 valence electrons. The number of ketones is 2. The lowest BCUT2D eigenvalue weighted by Gasteiger charge is -2.17. The normalized spacial score (nSPS) is 13.8. The Kier molecular flexibility index (Phi) is 17.0. The first-order valence-electron chi connectivity index (χ1n) is 18.1. The van der Waals surface area contributed by atoms with Gasteiger partial charge in [0.05, 0.1) is 66.6 Å². The van der Waals surface area contributed by atoms with Crippen LogP contribution in [0.25, 0.3) is 31.7 Å². The summed E-state index contributed by atoms with van der Waals surface area (Å²) in [6.45, 7) is 5.11. The third kappa shape index (κ3) is 11.3. The second-order valence-electron chi connectivity index (χ2n) is 12.9. The number of carboxylic acids is 1. The standard InChI is InChI=1S/C27H16N2O7S2.2C6H15NO3/c1-12-2-7-20-24(25(12)38(34,35)36)37-26(29-20)14-5-8-18-13(10-14)4-9-19(28-18)21-22(30)16-6-3-15(27(32)33)11-17(16)23(21)31;2*8-4-1-7(2-5-9)3-6-10/h2-11,21H,1H3,(H,32,33)(H,34,35,36);2*8-10H,1-6H2. The lowest BCUT2D eigenvalue weighted by Crippen LogP contribution is -2.32. The van der Waals surface area contributed by atoms with Gasteiger partial charge in [-0.15, -0.1) is 11.3 Å². The molecule has 0 spiro atoms. The number of carboxylic acid groups (broad SMARTS) is 1. The Balaban J connectivity index is 0.000000308. The van der Waals surface area contributed by atoms with Gasteiger partial charge in [-0.25, -0.2) is 9.78 Å². The fraction of sp³-hybridized carbons (Fsp3) is 0.359. The van der Waals surface area contributed by atoms with Crippen molar-refractivity contribution in [3.63, 3.8) is 0 Å². The number of carbonyl (C=O) groups is 3. The molecule has 0 saturated heterocycles. The SMILES string of the molecule is Cc1ccc2nc(-c3ccc4nc(C5C(=O)c6ccc(C(=O)O)cc6C5=O)ccc4c3)sc2c1S(=O)(=O)O.OCCN(CCO)CCO.OCCN(CCO)CCO. The van der Waals surface area contributed by atoms with Gasteiger partial charge in [-0.05, 0) is 61.0 Å². The minimum Gasteiger partial charge on any atom is -0.478 e. The van der Waals surface area contributed by atoms with Crippen LogP contribution in [0, 0.1) is 6.92 Å². The zero-order chi connectivity index (χ0) is 42.6. The molecule has 0 saturated carbocycles. The monoisotopic (exact) mass is 842 g/mol. The number of Topliss-reactive ketones (excluding diaryl/α,β-unsaturated/α-hetero) is 2. The third-order valence-corrected chi connectivity index (χ3v) is 11.3. The van der Waals surface area contributed by atoms with E-state index in [0.717, 1.165) is 11.3 Å². The Morgan fingerprint density at radius 2 is 1.22 bits per heavy atom. The number of aliphatic hydroxyl groups excluding tert-OH is 6. The summed E-state index contributed by atoms with van der Waals surface area (Å²) in [5.74, 6) is -3.25. The number of rotatable bonds is 16. The van der Waals surface area contributed by atoms with Crippen molar-refractivity contribution in [2.24, 2.45) is 0 Å². The summed E-state index contributed by atoms with van der Waals surface area (Å²) in [7, 11) is -4.44. The first kappa shape index (κ1) is 46.1. The van der Waals surface area contributed by atoms with Gasteiger partial charge in [0.15, 0.2) is 11.6 Å². The van der Waals surface area contributed by atoms with Crippen LogP contribution in [-0.2, 0) is 10.1 Å². The van der Waals surface area contributed by atoms with Crippen LogP contribution in [0.3, 0.4) is 0 Å². The predicted molar refractivity (Wildman–Crippen MR) is 215 cm³/mol. The highest BCUT2D eigenvalue weighted by Gasteiger charge is 2.41. The number of hydrogen-bond acceptors (Lipinski definition) is 16. The largest absolute Gasteiger partial charge is 0.478 e. The average molecular weight is 843 g/mol. The van der Waals surface area contributed by atoms with Crippen molar-refractivity contribution >= 4 is 60.1 Å². The molecule has 3 aromatic carbocycles. The molecule has 1 aliphatic rings. The highest BCUT2D eigenvalue weighted by atomic mass is 32.2. The molecule has 1 atom stereocenters. The number of fused-ring (bicyclic) bond motifs is 3. The van der Waals surface area contributed by atoms with Crippen LogP contribution in [0.4, 0.5) is 0 Å². The highest BCUT2D eigenvalue weighted by molar-refractivity contribution is 7.86. The molecule has 19 heteroatoms. The number of nitrogens with zero attached hydrogens (tertiary/aromatic N) is 4. The molecule has 8 N–H and O–H groups in total. The van der Waals surface area contributed by atoms with Gasteiger partial charge < -0.3 is 35.7 Å². The number of thiazole rings is 1. The summed E-state index contributed by atoms with van der Waals surface area (Å²) in [4.78, 5) is 49.8. The van der Waals surface area contributed by atoms with E-state index in [1.165, 1.54) is 18.2 Å². The second kappa shape index (κ2) is 21.4. The maximum atomic E-state index is 13.0. The molecule has 17 nitrogen and oxygen atoms in total. The van der Waals surface area contributed by atoms with E-state index < -0.39 is 33.6 Å². The number of aryl methyl sites for hydroxylation is 1. The minimum atomic E-state index is -4.44. The lowest BCUT2D eigenvalue weighted by atomic mass is 9.98. The van der Waals surface area contributed by atoms with Crippen LogP contribution in [-0.4, -0.2) is 165 Å². The topological polar surface area (TPSA) is 279 Å². The molecule has 1 aliphatic carbocycles. The summed E-state index contributed by atoms with van der Waals surface area (Å²) in [5.41, 5.74) is 2.55. The van der Waals surface area contributed by atoms with Gasteiger partial charge in [0.2, 0.25) is 0 Å². The average Bonchev–Trinajstić information content (AvgIpc) is 3.72. The first-order chi connectivity index (χ1) is 27.7. The molecule has 0 fully saturated rings. The molecule has 0 amide bonds. The molecule has 5 aromatic rings. The molecule has 2 aromatic heterocycles. The number of hydrogen-bond donors (Lipinski definition) is 8. The summed E-state index contributed by atoms with van der Waals surface area (Å²) in [6.07, 6.45) is 0. The van der Waals surface area contributed by atoms with Crippen molar-refractivity contribution < 1.29 is 63.1 Å². The van der Waals surface area contributed by atoms with Crippen molar-refractivity contribution in [1.29, 1.82) is 0 Å². The van der Waals surface area contributed by atoms with Gasteiger partial charge in [0, 0.05) is 61.3 Å². The number of aliphatic hydroxyl groups is 6. The van der Waals surface area contributed by atoms with Gasteiger partial charge in [-0.1, -0.05) is 12.1 Å². The van der Waals surface area contributed by atoms with Crippen LogP contribution >= 0.6 is 11.3 Å². The number of aromatic carboxylic acids is 1. The molecule has 0 aliphatic heterocycles. The Labute approximate surface area is 337 Å². The Bertz CT molecular complexity index is 2290. The van der Waals surface area contributed by atoms with E-state index in [1.807, 2.05) is 6.07 Å². The van der Waals surface area contributed by atoms with E-state index in [2.05, 4.69) is 9.97 Å². The van der Waals surface area contributed by atoms with Gasteiger partial charge in [0.25, 0.3) is 10.1 Å². The van der Waals surface area contributed by atoms with Crippen LogP contribution in [0.5, 0.6) is 0 Å². The Morgan fingerprint density at radius 1 is 0.690 bits per heavy atom. The maximum Gasteiger partial charge on any atom is 0.335 e. The first-order valence-corrected chi connectivity index (χ1v) is 20.3. The van der Waals surface area contributed by atoms with Gasteiger partial charge in [-0.2, -0.15) is 8.42 Å². The van der Waals surface area contributed by atoms with Crippen molar-refractivity contribution in [2.45, 2.75) is 17.7 Å². The van der Waals surface area contributed by atoms with Gasteiger partial charge in [-0.3, -0.25) is 28.9 Å². The van der Waals surface area contributed by atoms with Crippen molar-refractivity contribution in [2.75, 3.05) is 78.9 Å². The number of aromatic nitrogens is 2. The molecule has 0 bridgehead atoms. The molecule has 58 heavy (non-hydrogen) atoms. The van der Waals surface area contributed by atoms with Crippen LogP contribution in [0.2, 0.25) is 0 Å². The summed E-state index contributed by atoms with van der Waals surface area (Å²) in [6, 6.07) is 15.8. The highest BCUT2D eigenvalue weighted by Crippen LogP contribution is 2.38. The van der Waals surface area contributed by atoms with Crippen molar-refractivity contribution in [1.82, 2.24) is 19.8 Å². The van der Waals surface area contributed by atoms with E-state index in [-0.39, 0.29) is 66.9 Å². The zero-order valence-corrected chi connectivity index (χ0v) is 33.2. The molecular weight excluding hydrogens is 797 g/mol. The van der Waals surface area contributed by atoms with E-state index >= 15 is 0 Å². The quantitative estimate of drug-likeness (QED) is 0.0516. The van der Waals surface area contributed by atoms with Crippen LogP contribution < -0.4 is 0 Å². The third-order valence-electron chi connectivity index (χ3n) is 9.04. The molecule has 2 heterocycles. The van der Waals surface area contributed by atoms with Gasteiger partial charge >= 0.3 is 5.97 Å². The summed E-state index contributed by atoms with van der Waals surface area (Å²) < 4.78 is 34.0.